The van der Waals surface area contributed by atoms with Gasteiger partial charge in [-0.3, -0.25) is 9.59 Å². The predicted molar refractivity (Wildman–Crippen MR) is 91.4 cm³/mol. The van der Waals surface area contributed by atoms with E-state index < -0.39 is 17.4 Å². The summed E-state index contributed by atoms with van der Waals surface area (Å²) in [5, 5.41) is 12.3. The molecule has 0 spiro atoms. The van der Waals surface area contributed by atoms with Gasteiger partial charge in [0.15, 0.2) is 0 Å². The molecule has 0 bridgehead atoms. The summed E-state index contributed by atoms with van der Waals surface area (Å²) in [6.07, 6.45) is 1.81. The van der Waals surface area contributed by atoms with Crippen molar-refractivity contribution in [3.05, 3.63) is 71.5 Å². The van der Waals surface area contributed by atoms with E-state index in [9.17, 15) is 19.1 Å². The van der Waals surface area contributed by atoms with Crippen LogP contribution in [0.2, 0.25) is 0 Å². The monoisotopic (exact) mass is 341 g/mol. The van der Waals surface area contributed by atoms with E-state index in [0.717, 1.165) is 12.0 Å². The largest absolute Gasteiger partial charge is 0.481 e. The van der Waals surface area contributed by atoms with Crippen molar-refractivity contribution in [1.82, 2.24) is 5.32 Å². The highest BCUT2D eigenvalue weighted by atomic mass is 19.1. The van der Waals surface area contributed by atoms with Gasteiger partial charge in [0.1, 0.15) is 5.82 Å². The number of aliphatic carboxylic acids is 1. The number of carbonyl (C=O) groups excluding carboxylic acids is 1. The van der Waals surface area contributed by atoms with Gasteiger partial charge in [-0.05, 0) is 36.1 Å². The van der Waals surface area contributed by atoms with Gasteiger partial charge in [0, 0.05) is 6.42 Å². The van der Waals surface area contributed by atoms with Crippen molar-refractivity contribution in [3.8, 4) is 0 Å². The van der Waals surface area contributed by atoms with Gasteiger partial charge in [-0.25, -0.2) is 4.39 Å². The first-order valence-corrected chi connectivity index (χ1v) is 8.33. The third-order valence-electron chi connectivity index (χ3n) is 4.88. The van der Waals surface area contributed by atoms with E-state index in [0.29, 0.717) is 18.4 Å². The van der Waals surface area contributed by atoms with Crippen LogP contribution < -0.4 is 5.32 Å². The zero-order chi connectivity index (χ0) is 17.9. The van der Waals surface area contributed by atoms with Crippen molar-refractivity contribution in [1.29, 1.82) is 0 Å². The molecule has 1 atom stereocenters. The lowest BCUT2D eigenvalue weighted by molar-refractivity contribution is -0.157. The van der Waals surface area contributed by atoms with E-state index in [1.165, 1.54) is 12.1 Å². The molecule has 0 radical (unpaired) electrons. The van der Waals surface area contributed by atoms with E-state index in [4.69, 9.17) is 0 Å². The van der Waals surface area contributed by atoms with Crippen LogP contribution in [0.1, 0.15) is 42.9 Å². The van der Waals surface area contributed by atoms with Crippen molar-refractivity contribution in [3.63, 3.8) is 0 Å². The standard InChI is InChI=1S/C20H20FNO3/c21-16-9-4-8-15(12-16)18(14-6-2-1-3-7-14)22-17(23)13-20(19(24)25)10-5-11-20/h1-4,6-9,12,18H,5,10-11,13H2,(H,22,23)(H,24,25). The molecule has 3 rings (SSSR count). The number of amides is 1. The normalized spacial score (nSPS) is 16.5. The van der Waals surface area contributed by atoms with Gasteiger partial charge in [0.05, 0.1) is 11.5 Å². The number of hydrogen-bond donors (Lipinski definition) is 2. The van der Waals surface area contributed by atoms with Crippen molar-refractivity contribution in [2.24, 2.45) is 5.41 Å². The van der Waals surface area contributed by atoms with E-state index in [1.54, 1.807) is 12.1 Å². The summed E-state index contributed by atoms with van der Waals surface area (Å²) in [7, 11) is 0. The number of carboxylic acids is 1. The lowest BCUT2D eigenvalue weighted by atomic mass is 9.66. The molecule has 0 aliphatic heterocycles. The Kier molecular flexibility index (Phi) is 4.83. The molecule has 0 aromatic heterocycles. The summed E-state index contributed by atoms with van der Waals surface area (Å²) >= 11 is 0. The van der Waals surface area contributed by atoms with Gasteiger partial charge >= 0.3 is 5.97 Å². The van der Waals surface area contributed by atoms with Crippen molar-refractivity contribution in [2.75, 3.05) is 0 Å². The van der Waals surface area contributed by atoms with Crippen LogP contribution in [-0.4, -0.2) is 17.0 Å². The Bertz CT molecular complexity index is 772. The molecule has 1 saturated carbocycles. The molecule has 0 heterocycles. The number of carbonyl (C=O) groups is 2. The summed E-state index contributed by atoms with van der Waals surface area (Å²) in [6, 6.07) is 14.8. The maximum absolute atomic E-state index is 13.6. The van der Waals surface area contributed by atoms with Crippen LogP contribution in [0.4, 0.5) is 4.39 Å². The fraction of sp³-hybridized carbons (Fsp3) is 0.300. The molecule has 1 aliphatic rings. The highest BCUT2D eigenvalue weighted by Gasteiger charge is 2.46. The minimum absolute atomic E-state index is 0.0546. The maximum atomic E-state index is 13.6. The molecular weight excluding hydrogens is 321 g/mol. The lowest BCUT2D eigenvalue weighted by Crippen LogP contribution is -2.43. The molecule has 25 heavy (non-hydrogen) atoms. The quantitative estimate of drug-likeness (QED) is 0.842. The van der Waals surface area contributed by atoms with Gasteiger partial charge in [-0.2, -0.15) is 0 Å². The maximum Gasteiger partial charge on any atom is 0.310 e. The zero-order valence-electron chi connectivity index (χ0n) is 13.7. The third kappa shape index (κ3) is 3.71. The molecule has 1 fully saturated rings. The van der Waals surface area contributed by atoms with Crippen LogP contribution in [0.5, 0.6) is 0 Å². The molecule has 2 N–H and O–H groups in total. The van der Waals surface area contributed by atoms with Crippen molar-refractivity contribution >= 4 is 11.9 Å². The minimum Gasteiger partial charge on any atom is -0.481 e. The first-order valence-electron chi connectivity index (χ1n) is 8.33. The van der Waals surface area contributed by atoms with Crippen LogP contribution >= 0.6 is 0 Å². The summed E-state index contributed by atoms with van der Waals surface area (Å²) < 4.78 is 13.6. The number of nitrogens with one attached hydrogen (secondary N) is 1. The van der Waals surface area contributed by atoms with Crippen molar-refractivity contribution in [2.45, 2.75) is 31.7 Å². The number of halogens is 1. The molecule has 1 aliphatic carbocycles. The first kappa shape index (κ1) is 17.1. The SMILES string of the molecule is O=C(CC1(C(=O)O)CCC1)NC(c1ccccc1)c1cccc(F)c1. The molecule has 5 heteroatoms. The summed E-state index contributed by atoms with van der Waals surface area (Å²) in [5.74, 6) is -1.63. The number of carboxylic acid groups (broad SMARTS) is 1. The lowest BCUT2D eigenvalue weighted by Gasteiger charge is -2.37. The summed E-state index contributed by atoms with van der Waals surface area (Å²) in [6.45, 7) is 0. The van der Waals surface area contributed by atoms with E-state index in [2.05, 4.69) is 5.32 Å². The minimum atomic E-state index is -0.951. The average molecular weight is 341 g/mol. The Morgan fingerprint density at radius 2 is 1.76 bits per heavy atom. The predicted octanol–water partition coefficient (Wildman–Crippen LogP) is 3.68. The third-order valence-corrected chi connectivity index (χ3v) is 4.88. The van der Waals surface area contributed by atoms with Crippen LogP contribution in [0.3, 0.4) is 0 Å². The molecule has 2 aromatic carbocycles. The summed E-state index contributed by atoms with van der Waals surface area (Å²) in [4.78, 5) is 24.0. The Balaban J connectivity index is 1.83. The van der Waals surface area contributed by atoms with Gasteiger partial charge in [0.2, 0.25) is 5.91 Å². The smallest absolute Gasteiger partial charge is 0.310 e. The molecule has 2 aromatic rings. The Hall–Kier alpha value is -2.69. The Morgan fingerprint density at radius 1 is 1.08 bits per heavy atom. The number of rotatable bonds is 6. The Morgan fingerprint density at radius 3 is 2.32 bits per heavy atom. The second kappa shape index (κ2) is 7.05. The van der Waals surface area contributed by atoms with Crippen LogP contribution in [-0.2, 0) is 9.59 Å². The van der Waals surface area contributed by atoms with Crippen LogP contribution in [0.15, 0.2) is 54.6 Å². The second-order valence-corrected chi connectivity index (χ2v) is 6.58. The fourth-order valence-corrected chi connectivity index (χ4v) is 3.28. The Labute approximate surface area is 145 Å². The molecule has 1 unspecified atom stereocenters. The second-order valence-electron chi connectivity index (χ2n) is 6.58. The van der Waals surface area contributed by atoms with Crippen LogP contribution in [0, 0.1) is 11.2 Å². The van der Waals surface area contributed by atoms with Crippen LogP contribution in [0.25, 0.3) is 0 Å². The molecule has 1 amide bonds. The zero-order valence-corrected chi connectivity index (χ0v) is 13.7. The molecule has 0 saturated heterocycles. The number of hydrogen-bond acceptors (Lipinski definition) is 2. The molecular formula is C20H20FNO3. The summed E-state index contributed by atoms with van der Waals surface area (Å²) in [5.41, 5.74) is 0.491. The average Bonchev–Trinajstić information content (AvgIpc) is 2.56. The molecule has 130 valence electrons. The van der Waals surface area contributed by atoms with E-state index >= 15 is 0 Å². The highest BCUT2D eigenvalue weighted by Crippen LogP contribution is 2.44. The topological polar surface area (TPSA) is 66.4 Å². The first-order chi connectivity index (χ1) is 12.0. The van der Waals surface area contributed by atoms with E-state index in [-0.39, 0.29) is 18.1 Å². The van der Waals surface area contributed by atoms with Gasteiger partial charge in [0.25, 0.3) is 0 Å². The van der Waals surface area contributed by atoms with Gasteiger partial charge < -0.3 is 10.4 Å². The number of benzene rings is 2. The van der Waals surface area contributed by atoms with Crippen molar-refractivity contribution < 1.29 is 19.1 Å². The molecule has 4 nitrogen and oxygen atoms in total. The fourth-order valence-electron chi connectivity index (χ4n) is 3.28. The highest BCUT2D eigenvalue weighted by molar-refractivity contribution is 5.86. The van der Waals surface area contributed by atoms with E-state index in [1.807, 2.05) is 30.3 Å². The van der Waals surface area contributed by atoms with Gasteiger partial charge in [-0.1, -0.05) is 48.9 Å². The van der Waals surface area contributed by atoms with Gasteiger partial charge in [-0.15, -0.1) is 0 Å².